The number of carbonyl (C=O) groups is 1. The van der Waals surface area contributed by atoms with E-state index in [-0.39, 0.29) is 6.04 Å². The molecule has 0 unspecified atom stereocenters. The highest BCUT2D eigenvalue weighted by molar-refractivity contribution is 7.13. The molecule has 1 saturated heterocycles. The van der Waals surface area contributed by atoms with Crippen LogP contribution in [0.25, 0.3) is 0 Å². The Labute approximate surface area is 127 Å². The fourth-order valence-electron chi connectivity index (χ4n) is 2.74. The predicted molar refractivity (Wildman–Crippen MR) is 81.9 cm³/mol. The molecule has 0 aromatic carbocycles. The first-order valence-electron chi connectivity index (χ1n) is 7.12. The molecule has 1 aliphatic heterocycles. The van der Waals surface area contributed by atoms with Crippen LogP contribution in [-0.2, 0) is 6.54 Å². The quantitative estimate of drug-likeness (QED) is 0.941. The van der Waals surface area contributed by atoms with Crippen LogP contribution in [0.2, 0.25) is 0 Å². The largest absolute Gasteiger partial charge is 0.365 e. The second kappa shape index (κ2) is 6.32. The number of primary amides is 1. The van der Waals surface area contributed by atoms with Gasteiger partial charge in [0.15, 0.2) is 0 Å². The molecule has 2 N–H and O–H groups in total. The van der Waals surface area contributed by atoms with Gasteiger partial charge in [-0.3, -0.25) is 14.7 Å². The number of nitrogens with two attached hydrogens (primary N) is 1. The molecule has 0 bridgehead atoms. The summed E-state index contributed by atoms with van der Waals surface area (Å²) in [6.45, 7) is 1.91. The van der Waals surface area contributed by atoms with Crippen molar-refractivity contribution in [3.8, 4) is 0 Å². The van der Waals surface area contributed by atoms with E-state index in [1.165, 1.54) is 29.7 Å². The molecule has 5 nitrogen and oxygen atoms in total. The summed E-state index contributed by atoms with van der Waals surface area (Å²) in [6.07, 6.45) is 8.76. The van der Waals surface area contributed by atoms with Gasteiger partial charge in [-0.1, -0.05) is 12.5 Å². The van der Waals surface area contributed by atoms with Crippen LogP contribution in [0.15, 0.2) is 30.7 Å². The van der Waals surface area contributed by atoms with E-state index in [1.807, 2.05) is 12.3 Å². The molecule has 110 valence electrons. The van der Waals surface area contributed by atoms with E-state index in [2.05, 4.69) is 20.9 Å². The van der Waals surface area contributed by atoms with Gasteiger partial charge in [0.25, 0.3) is 5.91 Å². The lowest BCUT2D eigenvalue weighted by Crippen LogP contribution is -2.32. The maximum atomic E-state index is 11.2. The van der Waals surface area contributed by atoms with Crippen LogP contribution in [0.5, 0.6) is 0 Å². The van der Waals surface area contributed by atoms with E-state index < -0.39 is 5.91 Å². The third kappa shape index (κ3) is 3.28. The smallest absolute Gasteiger partial charge is 0.260 e. The molecule has 21 heavy (non-hydrogen) atoms. The van der Waals surface area contributed by atoms with Gasteiger partial charge in [0.1, 0.15) is 9.88 Å². The summed E-state index contributed by atoms with van der Waals surface area (Å²) < 4.78 is 0. The third-order valence-corrected chi connectivity index (χ3v) is 4.89. The van der Waals surface area contributed by atoms with E-state index in [4.69, 9.17) is 5.73 Å². The molecule has 1 atom stereocenters. The maximum absolute atomic E-state index is 11.2. The number of aromatic nitrogens is 2. The number of pyridine rings is 1. The van der Waals surface area contributed by atoms with Crippen LogP contribution >= 0.6 is 11.3 Å². The van der Waals surface area contributed by atoms with E-state index in [9.17, 15) is 4.79 Å². The molecule has 0 radical (unpaired) electrons. The van der Waals surface area contributed by atoms with Crippen molar-refractivity contribution in [3.05, 3.63) is 46.2 Å². The van der Waals surface area contributed by atoms with Gasteiger partial charge in [0.2, 0.25) is 0 Å². The van der Waals surface area contributed by atoms with Crippen molar-refractivity contribution >= 4 is 17.2 Å². The Bertz CT molecular complexity index is 613. The molecule has 0 aliphatic carbocycles. The van der Waals surface area contributed by atoms with Gasteiger partial charge in [0, 0.05) is 18.9 Å². The summed E-state index contributed by atoms with van der Waals surface area (Å²) in [7, 11) is 0. The van der Waals surface area contributed by atoms with Crippen molar-refractivity contribution in [2.75, 3.05) is 6.54 Å². The van der Waals surface area contributed by atoms with Gasteiger partial charge in [-0.05, 0) is 31.0 Å². The van der Waals surface area contributed by atoms with Crippen LogP contribution in [0.1, 0.15) is 45.5 Å². The Morgan fingerprint density at radius 3 is 3.05 bits per heavy atom. The highest BCUT2D eigenvalue weighted by atomic mass is 32.1. The second-order valence-corrected chi connectivity index (χ2v) is 6.33. The van der Waals surface area contributed by atoms with Gasteiger partial charge in [-0.25, -0.2) is 4.98 Å². The molecule has 6 heteroatoms. The minimum atomic E-state index is -0.395. The van der Waals surface area contributed by atoms with Crippen molar-refractivity contribution in [1.82, 2.24) is 14.9 Å². The average Bonchev–Trinajstić information content (AvgIpc) is 2.99. The van der Waals surface area contributed by atoms with Gasteiger partial charge < -0.3 is 5.73 Å². The van der Waals surface area contributed by atoms with Crippen molar-refractivity contribution < 1.29 is 4.79 Å². The highest BCUT2D eigenvalue weighted by Crippen LogP contribution is 2.34. The number of thiazole rings is 1. The predicted octanol–water partition coefficient (Wildman–Crippen LogP) is 2.36. The molecular formula is C15H18N4OS. The summed E-state index contributed by atoms with van der Waals surface area (Å²) in [5, 5.41) is 0.993. The van der Waals surface area contributed by atoms with E-state index in [0.29, 0.717) is 4.88 Å². The molecular weight excluding hydrogens is 284 g/mol. The lowest BCUT2D eigenvalue weighted by molar-refractivity contribution is 0.100. The van der Waals surface area contributed by atoms with Crippen LogP contribution in [-0.4, -0.2) is 27.3 Å². The number of hydrogen-bond acceptors (Lipinski definition) is 5. The molecule has 1 amide bonds. The number of likely N-dealkylation sites (tertiary alicyclic amines) is 1. The Hall–Kier alpha value is -1.79. The van der Waals surface area contributed by atoms with Crippen LogP contribution in [0.4, 0.5) is 0 Å². The summed E-state index contributed by atoms with van der Waals surface area (Å²) in [4.78, 5) is 22.8. The van der Waals surface area contributed by atoms with Gasteiger partial charge in [-0.15, -0.1) is 11.3 Å². The van der Waals surface area contributed by atoms with Crippen LogP contribution < -0.4 is 5.73 Å². The topological polar surface area (TPSA) is 72.1 Å². The van der Waals surface area contributed by atoms with E-state index in [1.54, 1.807) is 12.4 Å². The zero-order chi connectivity index (χ0) is 14.7. The standard InChI is InChI=1S/C15H18N4OS/c16-14(20)13-9-18-15(21-13)12-5-1-2-7-19(12)10-11-4-3-6-17-8-11/h3-4,6,8-9,12H,1-2,5,7,10H2,(H2,16,20)/t12-/m1/s1. The number of rotatable bonds is 4. The Balaban J connectivity index is 1.79. The van der Waals surface area contributed by atoms with E-state index >= 15 is 0 Å². The van der Waals surface area contributed by atoms with Crippen molar-refractivity contribution in [1.29, 1.82) is 0 Å². The fourth-order valence-corrected chi connectivity index (χ4v) is 3.68. The number of amides is 1. The number of hydrogen-bond donors (Lipinski definition) is 1. The minimum Gasteiger partial charge on any atom is -0.365 e. The molecule has 2 aromatic rings. The lowest BCUT2D eigenvalue weighted by atomic mass is 10.0. The van der Waals surface area contributed by atoms with Crippen molar-refractivity contribution in [2.45, 2.75) is 31.8 Å². The zero-order valence-electron chi connectivity index (χ0n) is 11.7. The number of carbonyl (C=O) groups excluding carboxylic acids is 1. The molecule has 0 spiro atoms. The average molecular weight is 302 g/mol. The van der Waals surface area contributed by atoms with Crippen molar-refractivity contribution in [3.63, 3.8) is 0 Å². The summed E-state index contributed by atoms with van der Waals surface area (Å²) in [6, 6.07) is 4.33. The summed E-state index contributed by atoms with van der Waals surface area (Å²) in [5.41, 5.74) is 6.53. The minimum absolute atomic E-state index is 0.275. The van der Waals surface area contributed by atoms with Crippen LogP contribution in [0, 0.1) is 0 Å². The highest BCUT2D eigenvalue weighted by Gasteiger charge is 2.27. The fraction of sp³-hybridized carbons (Fsp3) is 0.400. The monoisotopic (exact) mass is 302 g/mol. The summed E-state index contributed by atoms with van der Waals surface area (Å²) in [5.74, 6) is -0.395. The lowest BCUT2D eigenvalue weighted by Gasteiger charge is -2.34. The van der Waals surface area contributed by atoms with Gasteiger partial charge >= 0.3 is 0 Å². The molecule has 3 rings (SSSR count). The van der Waals surface area contributed by atoms with Crippen molar-refractivity contribution in [2.24, 2.45) is 5.73 Å². The van der Waals surface area contributed by atoms with Gasteiger partial charge in [0.05, 0.1) is 12.2 Å². The zero-order valence-corrected chi connectivity index (χ0v) is 12.6. The SMILES string of the molecule is NC(=O)c1cnc([C@H]2CCCCN2Cc2cccnc2)s1. The summed E-state index contributed by atoms with van der Waals surface area (Å²) >= 11 is 1.42. The first kappa shape index (κ1) is 14.2. The van der Waals surface area contributed by atoms with Crippen LogP contribution in [0.3, 0.4) is 0 Å². The molecule has 3 heterocycles. The first-order chi connectivity index (χ1) is 10.2. The number of nitrogens with zero attached hydrogens (tertiary/aromatic N) is 3. The molecule has 0 saturated carbocycles. The molecule has 1 fully saturated rings. The Morgan fingerprint density at radius 2 is 2.33 bits per heavy atom. The third-order valence-electron chi connectivity index (χ3n) is 3.77. The maximum Gasteiger partial charge on any atom is 0.260 e. The Kier molecular flexibility index (Phi) is 4.26. The normalized spacial score (nSPS) is 19.5. The molecule has 1 aliphatic rings. The number of piperidine rings is 1. The van der Waals surface area contributed by atoms with E-state index in [0.717, 1.165) is 24.5 Å². The Morgan fingerprint density at radius 1 is 1.43 bits per heavy atom. The van der Waals surface area contributed by atoms with Gasteiger partial charge in [-0.2, -0.15) is 0 Å². The first-order valence-corrected chi connectivity index (χ1v) is 7.94. The second-order valence-electron chi connectivity index (χ2n) is 5.27. The molecule has 2 aromatic heterocycles.